The van der Waals surface area contributed by atoms with E-state index in [1.54, 1.807) is 23.1 Å². The number of carbonyl (C=O) groups excluding carboxylic acids is 2. The molecule has 1 aliphatic carbocycles. The van der Waals surface area contributed by atoms with Gasteiger partial charge >= 0.3 is 12.2 Å². The number of carbonyl (C=O) groups is 2. The standard InChI is InChI=1S/C24H33N3O4S2/c1-14(2)30-23(28)26-17-8-6-16(7-9-17)22-25-13-21(33-22)19-11-10-18(12-20(19)32-5)27-24(29)31-15(3)4/h10-17H,6-9H2,1-5H3,(H,26,28)(H,27,29). The summed E-state index contributed by atoms with van der Waals surface area (Å²) in [5.41, 5.74) is 1.82. The number of hydrogen-bond acceptors (Lipinski definition) is 7. The highest BCUT2D eigenvalue weighted by Gasteiger charge is 2.26. The van der Waals surface area contributed by atoms with Gasteiger partial charge in [-0.3, -0.25) is 5.32 Å². The van der Waals surface area contributed by atoms with Crippen LogP contribution in [0, 0.1) is 0 Å². The lowest BCUT2D eigenvalue weighted by Crippen LogP contribution is -2.38. The number of alkyl carbamates (subject to hydrolysis) is 1. The van der Waals surface area contributed by atoms with E-state index in [-0.39, 0.29) is 24.3 Å². The van der Waals surface area contributed by atoms with Crippen LogP contribution in [0.15, 0.2) is 29.3 Å². The Labute approximate surface area is 204 Å². The van der Waals surface area contributed by atoms with Gasteiger partial charge in [0.2, 0.25) is 0 Å². The van der Waals surface area contributed by atoms with Crippen molar-refractivity contribution in [2.24, 2.45) is 0 Å². The largest absolute Gasteiger partial charge is 0.447 e. The van der Waals surface area contributed by atoms with E-state index in [1.165, 1.54) is 0 Å². The number of nitrogens with one attached hydrogen (secondary N) is 2. The number of aromatic nitrogens is 1. The minimum Gasteiger partial charge on any atom is -0.447 e. The quantitative estimate of drug-likeness (QED) is 0.422. The van der Waals surface area contributed by atoms with E-state index in [0.29, 0.717) is 11.6 Å². The molecule has 9 heteroatoms. The molecule has 180 valence electrons. The number of benzene rings is 1. The molecule has 1 heterocycles. The molecule has 1 saturated carbocycles. The van der Waals surface area contributed by atoms with Crippen LogP contribution in [0.1, 0.15) is 64.3 Å². The molecule has 2 N–H and O–H groups in total. The van der Waals surface area contributed by atoms with Crippen LogP contribution in [0.5, 0.6) is 0 Å². The van der Waals surface area contributed by atoms with Crippen LogP contribution in [0.25, 0.3) is 10.4 Å². The highest BCUT2D eigenvalue weighted by Crippen LogP contribution is 2.40. The fraction of sp³-hybridized carbons (Fsp3) is 0.542. The Balaban J connectivity index is 1.62. The Morgan fingerprint density at radius 1 is 1.06 bits per heavy atom. The number of anilines is 1. The number of rotatable bonds is 7. The Morgan fingerprint density at radius 3 is 2.36 bits per heavy atom. The molecular weight excluding hydrogens is 458 g/mol. The predicted octanol–water partition coefficient (Wildman–Crippen LogP) is 6.65. The number of thioether (sulfide) groups is 1. The maximum Gasteiger partial charge on any atom is 0.411 e. The summed E-state index contributed by atoms with van der Waals surface area (Å²) in [5.74, 6) is 0.410. The van der Waals surface area contributed by atoms with Gasteiger partial charge in [0.15, 0.2) is 0 Å². The summed E-state index contributed by atoms with van der Waals surface area (Å²) in [7, 11) is 0. The second-order valence-corrected chi connectivity index (χ2v) is 10.6. The molecule has 1 aliphatic rings. The van der Waals surface area contributed by atoms with Crippen molar-refractivity contribution in [1.29, 1.82) is 0 Å². The van der Waals surface area contributed by atoms with Gasteiger partial charge in [-0.25, -0.2) is 14.6 Å². The van der Waals surface area contributed by atoms with Crippen LogP contribution in [0.2, 0.25) is 0 Å². The van der Waals surface area contributed by atoms with E-state index in [0.717, 1.165) is 46.0 Å². The van der Waals surface area contributed by atoms with Crippen LogP contribution in [0.3, 0.4) is 0 Å². The highest BCUT2D eigenvalue weighted by molar-refractivity contribution is 7.98. The van der Waals surface area contributed by atoms with Crippen LogP contribution in [-0.4, -0.2) is 41.7 Å². The molecule has 0 unspecified atom stereocenters. The summed E-state index contributed by atoms with van der Waals surface area (Å²) in [5, 5.41) is 6.91. The van der Waals surface area contributed by atoms with Crippen LogP contribution >= 0.6 is 23.1 Å². The molecule has 0 bridgehead atoms. The van der Waals surface area contributed by atoms with Gasteiger partial charge in [0.1, 0.15) is 0 Å². The first-order valence-corrected chi connectivity index (χ1v) is 13.4. The van der Waals surface area contributed by atoms with E-state index in [9.17, 15) is 9.59 Å². The van der Waals surface area contributed by atoms with Crippen molar-refractivity contribution >= 4 is 41.0 Å². The first-order chi connectivity index (χ1) is 15.7. The average molecular weight is 492 g/mol. The van der Waals surface area contributed by atoms with Crippen molar-refractivity contribution in [3.05, 3.63) is 29.4 Å². The minimum atomic E-state index is -0.451. The lowest BCUT2D eigenvalue weighted by Gasteiger charge is -2.28. The molecule has 1 aromatic heterocycles. The first kappa shape index (κ1) is 25.4. The van der Waals surface area contributed by atoms with Gasteiger partial charge in [0, 0.05) is 34.3 Å². The summed E-state index contributed by atoms with van der Waals surface area (Å²) in [6.45, 7) is 7.34. The predicted molar refractivity (Wildman–Crippen MR) is 134 cm³/mol. The number of nitrogens with zero attached hydrogens (tertiary/aromatic N) is 1. The Bertz CT molecular complexity index is 953. The normalized spacial score (nSPS) is 18.3. The van der Waals surface area contributed by atoms with Gasteiger partial charge in [-0.1, -0.05) is 6.07 Å². The minimum absolute atomic E-state index is 0.111. The molecular formula is C24H33N3O4S2. The molecule has 2 aromatic rings. The molecule has 0 spiro atoms. The SMILES string of the molecule is CSc1cc(NC(=O)OC(C)C)ccc1-c1cnc(C2CCC(NC(=O)OC(C)C)CC2)s1. The molecule has 1 aromatic carbocycles. The summed E-state index contributed by atoms with van der Waals surface area (Å²) < 4.78 is 10.4. The van der Waals surface area contributed by atoms with Crippen molar-refractivity contribution in [1.82, 2.24) is 10.3 Å². The van der Waals surface area contributed by atoms with Gasteiger partial charge in [-0.15, -0.1) is 23.1 Å². The fourth-order valence-electron chi connectivity index (χ4n) is 3.83. The van der Waals surface area contributed by atoms with Gasteiger partial charge in [-0.2, -0.15) is 0 Å². The van der Waals surface area contributed by atoms with Crippen molar-refractivity contribution < 1.29 is 19.1 Å². The number of thiazole rings is 1. The molecule has 7 nitrogen and oxygen atoms in total. The summed E-state index contributed by atoms with van der Waals surface area (Å²) in [4.78, 5) is 30.7. The van der Waals surface area contributed by atoms with Crippen LogP contribution < -0.4 is 10.6 Å². The Kier molecular flexibility index (Phi) is 9.02. The van der Waals surface area contributed by atoms with E-state index in [1.807, 2.05) is 58.3 Å². The van der Waals surface area contributed by atoms with Gasteiger partial charge in [0.25, 0.3) is 0 Å². The zero-order chi connectivity index (χ0) is 24.0. The maximum atomic E-state index is 11.9. The number of ether oxygens (including phenoxy) is 2. The lowest BCUT2D eigenvalue weighted by molar-refractivity contribution is 0.109. The second kappa shape index (κ2) is 11.7. The van der Waals surface area contributed by atoms with Gasteiger partial charge < -0.3 is 14.8 Å². The zero-order valence-electron chi connectivity index (χ0n) is 19.8. The van der Waals surface area contributed by atoms with Crippen molar-refractivity contribution in [3.8, 4) is 10.4 Å². The fourth-order valence-corrected chi connectivity index (χ4v) is 5.67. The van der Waals surface area contributed by atoms with E-state index in [4.69, 9.17) is 14.5 Å². The smallest absolute Gasteiger partial charge is 0.411 e. The van der Waals surface area contributed by atoms with Crippen molar-refractivity contribution in [2.75, 3.05) is 11.6 Å². The van der Waals surface area contributed by atoms with Gasteiger partial charge in [-0.05, 0) is 71.8 Å². The Hall–Kier alpha value is -2.26. The summed E-state index contributed by atoms with van der Waals surface area (Å²) >= 11 is 3.36. The molecule has 0 atom stereocenters. The van der Waals surface area contributed by atoms with E-state index < -0.39 is 6.09 Å². The van der Waals surface area contributed by atoms with Crippen LogP contribution in [-0.2, 0) is 9.47 Å². The molecule has 33 heavy (non-hydrogen) atoms. The third-order valence-corrected chi connectivity index (χ3v) is 7.29. The second-order valence-electron chi connectivity index (χ2n) is 8.70. The molecule has 0 saturated heterocycles. The average Bonchev–Trinajstić information content (AvgIpc) is 3.23. The monoisotopic (exact) mass is 491 g/mol. The Morgan fingerprint density at radius 2 is 1.73 bits per heavy atom. The topological polar surface area (TPSA) is 89.5 Å². The molecule has 0 radical (unpaired) electrons. The maximum absolute atomic E-state index is 11.9. The molecule has 2 amide bonds. The third kappa shape index (κ3) is 7.37. The van der Waals surface area contributed by atoms with Crippen LogP contribution in [0.4, 0.5) is 15.3 Å². The molecule has 3 rings (SSSR count). The molecule has 1 fully saturated rings. The summed E-state index contributed by atoms with van der Waals surface area (Å²) in [6.07, 6.45) is 6.75. The lowest BCUT2D eigenvalue weighted by atomic mass is 9.86. The first-order valence-electron chi connectivity index (χ1n) is 11.3. The van der Waals surface area contributed by atoms with E-state index >= 15 is 0 Å². The molecule has 0 aliphatic heterocycles. The van der Waals surface area contributed by atoms with Gasteiger partial charge in [0.05, 0.1) is 22.1 Å². The van der Waals surface area contributed by atoms with E-state index in [2.05, 4.69) is 10.6 Å². The highest BCUT2D eigenvalue weighted by atomic mass is 32.2. The van der Waals surface area contributed by atoms with Crippen molar-refractivity contribution in [2.45, 2.75) is 82.4 Å². The summed E-state index contributed by atoms with van der Waals surface area (Å²) in [6, 6.07) is 6.05. The zero-order valence-corrected chi connectivity index (χ0v) is 21.5. The van der Waals surface area contributed by atoms with Crippen molar-refractivity contribution in [3.63, 3.8) is 0 Å². The number of amides is 2. The number of hydrogen-bond donors (Lipinski definition) is 2. The third-order valence-electron chi connectivity index (χ3n) is 5.32.